The number of hydrogen-bond acceptors (Lipinski definition) is 5. The molecule has 3 rings (SSSR count). The third kappa shape index (κ3) is 4.33. The van der Waals surface area contributed by atoms with Gasteiger partial charge in [-0.25, -0.2) is 15.0 Å². The fraction of sp³-hybridized carbons (Fsp3) is 0.235. The van der Waals surface area contributed by atoms with Crippen molar-refractivity contribution in [2.24, 2.45) is 0 Å². The van der Waals surface area contributed by atoms with Crippen molar-refractivity contribution in [3.8, 4) is 11.1 Å². The first-order valence-corrected chi connectivity index (χ1v) is 8.44. The van der Waals surface area contributed by atoms with Gasteiger partial charge >= 0.3 is 6.18 Å². The molecular weight excluding hydrogens is 349 g/mol. The van der Waals surface area contributed by atoms with Gasteiger partial charge in [-0.3, -0.25) is 0 Å². The van der Waals surface area contributed by atoms with Crippen LogP contribution in [0.3, 0.4) is 0 Å². The summed E-state index contributed by atoms with van der Waals surface area (Å²) < 4.78 is 38.4. The topological polar surface area (TPSA) is 50.7 Å². The van der Waals surface area contributed by atoms with E-state index in [2.05, 4.69) is 20.3 Å². The van der Waals surface area contributed by atoms with Crippen molar-refractivity contribution in [1.29, 1.82) is 0 Å². The first-order chi connectivity index (χ1) is 11.9. The molecule has 0 unspecified atom stereocenters. The number of halogens is 3. The number of thiazole rings is 1. The third-order valence-electron chi connectivity index (χ3n) is 3.66. The molecule has 25 heavy (non-hydrogen) atoms. The summed E-state index contributed by atoms with van der Waals surface area (Å²) in [6.45, 7) is 2.65. The minimum Gasteiger partial charge on any atom is -0.354 e. The second kappa shape index (κ2) is 7.18. The van der Waals surface area contributed by atoms with E-state index >= 15 is 0 Å². The fourth-order valence-corrected chi connectivity index (χ4v) is 2.93. The molecule has 0 aliphatic rings. The van der Waals surface area contributed by atoms with Crippen LogP contribution in [0.2, 0.25) is 0 Å². The summed E-state index contributed by atoms with van der Waals surface area (Å²) in [5.41, 5.74) is 3.13. The molecule has 0 atom stereocenters. The Balaban J connectivity index is 1.65. The maximum atomic E-state index is 12.8. The molecule has 0 fully saturated rings. The van der Waals surface area contributed by atoms with E-state index in [1.807, 2.05) is 12.4 Å². The van der Waals surface area contributed by atoms with E-state index in [0.717, 1.165) is 24.2 Å². The number of aryl methyl sites for hydroxylation is 1. The lowest BCUT2D eigenvalue weighted by Gasteiger charge is -2.09. The van der Waals surface area contributed by atoms with Crippen molar-refractivity contribution in [3.05, 3.63) is 58.3 Å². The molecular formula is C17H15F3N4S. The van der Waals surface area contributed by atoms with Gasteiger partial charge in [-0.05, 0) is 24.6 Å². The van der Waals surface area contributed by atoms with Crippen molar-refractivity contribution < 1.29 is 13.2 Å². The van der Waals surface area contributed by atoms with Crippen LogP contribution in [0, 0.1) is 6.92 Å². The average Bonchev–Trinajstić information content (AvgIpc) is 3.00. The fourth-order valence-electron chi connectivity index (χ4n) is 2.30. The summed E-state index contributed by atoms with van der Waals surface area (Å²) in [5.74, 6) is 0.434. The zero-order chi connectivity index (χ0) is 17.9. The van der Waals surface area contributed by atoms with Crippen LogP contribution >= 0.6 is 11.3 Å². The number of nitrogens with zero attached hydrogens (tertiary/aromatic N) is 3. The van der Waals surface area contributed by atoms with Gasteiger partial charge in [0.1, 0.15) is 0 Å². The van der Waals surface area contributed by atoms with Crippen molar-refractivity contribution >= 4 is 17.3 Å². The van der Waals surface area contributed by atoms with Gasteiger partial charge in [-0.2, -0.15) is 13.2 Å². The van der Waals surface area contributed by atoms with Crippen LogP contribution in [-0.4, -0.2) is 21.5 Å². The molecule has 0 spiro atoms. The van der Waals surface area contributed by atoms with Crippen LogP contribution in [-0.2, 0) is 12.6 Å². The van der Waals surface area contributed by atoms with E-state index in [4.69, 9.17) is 0 Å². The summed E-state index contributed by atoms with van der Waals surface area (Å²) >= 11 is 1.60. The maximum absolute atomic E-state index is 12.8. The molecule has 0 aliphatic carbocycles. The number of anilines is 1. The molecule has 2 heterocycles. The van der Waals surface area contributed by atoms with Crippen LogP contribution in [0.15, 0.2) is 42.2 Å². The van der Waals surface area contributed by atoms with Gasteiger partial charge in [-0.1, -0.05) is 12.1 Å². The van der Waals surface area contributed by atoms with Crippen molar-refractivity contribution in [1.82, 2.24) is 15.0 Å². The Morgan fingerprint density at radius 2 is 1.84 bits per heavy atom. The molecule has 8 heteroatoms. The predicted octanol–water partition coefficient (Wildman–Crippen LogP) is 4.58. The zero-order valence-corrected chi connectivity index (χ0v) is 14.2. The van der Waals surface area contributed by atoms with Gasteiger partial charge in [0.25, 0.3) is 0 Å². The molecule has 0 saturated heterocycles. The summed E-state index contributed by atoms with van der Waals surface area (Å²) in [4.78, 5) is 13.8. The maximum Gasteiger partial charge on any atom is 0.416 e. The highest BCUT2D eigenvalue weighted by atomic mass is 32.1. The van der Waals surface area contributed by atoms with Crippen molar-refractivity contribution in [2.45, 2.75) is 19.5 Å². The van der Waals surface area contributed by atoms with Gasteiger partial charge in [-0.15, -0.1) is 11.3 Å². The quantitative estimate of drug-likeness (QED) is 0.720. The van der Waals surface area contributed by atoms with E-state index in [1.54, 1.807) is 17.4 Å². The van der Waals surface area contributed by atoms with Crippen LogP contribution in [0.4, 0.5) is 19.1 Å². The monoisotopic (exact) mass is 364 g/mol. The van der Waals surface area contributed by atoms with E-state index in [-0.39, 0.29) is 0 Å². The SMILES string of the molecule is Cc1scnc1CCNc1ncc(-c2cccc(C(F)(F)F)c2)cn1. The highest BCUT2D eigenvalue weighted by molar-refractivity contribution is 7.09. The summed E-state index contributed by atoms with van der Waals surface area (Å²) in [7, 11) is 0. The van der Waals surface area contributed by atoms with Crippen LogP contribution in [0.5, 0.6) is 0 Å². The number of hydrogen-bond donors (Lipinski definition) is 1. The number of aromatic nitrogens is 3. The summed E-state index contributed by atoms with van der Waals surface area (Å²) in [6, 6.07) is 5.12. The second-order valence-corrected chi connectivity index (χ2v) is 6.46. The van der Waals surface area contributed by atoms with Gasteiger partial charge in [0.2, 0.25) is 5.95 Å². The van der Waals surface area contributed by atoms with Crippen molar-refractivity contribution in [3.63, 3.8) is 0 Å². The molecule has 0 aliphatic heterocycles. The molecule has 0 radical (unpaired) electrons. The minimum absolute atomic E-state index is 0.430. The number of nitrogens with one attached hydrogen (secondary N) is 1. The van der Waals surface area contributed by atoms with Gasteiger partial charge in [0.05, 0.1) is 16.8 Å². The van der Waals surface area contributed by atoms with E-state index in [1.165, 1.54) is 23.3 Å². The van der Waals surface area contributed by atoms with Gasteiger partial charge < -0.3 is 5.32 Å². The lowest BCUT2D eigenvalue weighted by Crippen LogP contribution is -2.08. The third-order valence-corrected chi connectivity index (χ3v) is 4.46. The Morgan fingerprint density at radius 3 is 2.48 bits per heavy atom. The lowest BCUT2D eigenvalue weighted by molar-refractivity contribution is -0.137. The summed E-state index contributed by atoms with van der Waals surface area (Å²) in [6.07, 6.45) is -0.585. The zero-order valence-electron chi connectivity index (χ0n) is 13.3. The number of rotatable bonds is 5. The van der Waals surface area contributed by atoms with E-state index in [0.29, 0.717) is 23.6 Å². The summed E-state index contributed by atoms with van der Waals surface area (Å²) in [5, 5.41) is 3.09. The molecule has 2 aromatic heterocycles. The Bertz CT molecular complexity index is 844. The number of alkyl halides is 3. The van der Waals surface area contributed by atoms with Crippen LogP contribution < -0.4 is 5.32 Å². The normalized spacial score (nSPS) is 11.5. The molecule has 130 valence electrons. The largest absolute Gasteiger partial charge is 0.416 e. The predicted molar refractivity (Wildman–Crippen MR) is 91.5 cm³/mol. The molecule has 3 aromatic rings. The standard InChI is InChI=1S/C17H15F3N4S/c1-11-15(24-10-25-11)5-6-21-16-22-8-13(9-23-16)12-3-2-4-14(7-12)17(18,19)20/h2-4,7-10H,5-6H2,1H3,(H,21,22,23). The molecule has 0 amide bonds. The second-order valence-electron chi connectivity index (χ2n) is 5.41. The average molecular weight is 364 g/mol. The first-order valence-electron chi connectivity index (χ1n) is 7.56. The van der Waals surface area contributed by atoms with Crippen LogP contribution in [0.1, 0.15) is 16.1 Å². The Morgan fingerprint density at radius 1 is 1.08 bits per heavy atom. The molecule has 4 nitrogen and oxygen atoms in total. The molecule has 0 saturated carbocycles. The number of benzene rings is 1. The van der Waals surface area contributed by atoms with Crippen molar-refractivity contribution in [2.75, 3.05) is 11.9 Å². The Hall–Kier alpha value is -2.48. The van der Waals surface area contributed by atoms with E-state index in [9.17, 15) is 13.2 Å². The van der Waals surface area contributed by atoms with Gasteiger partial charge in [0.15, 0.2) is 0 Å². The molecule has 0 bridgehead atoms. The smallest absolute Gasteiger partial charge is 0.354 e. The van der Waals surface area contributed by atoms with Gasteiger partial charge in [0, 0.05) is 35.8 Å². The molecule has 1 aromatic carbocycles. The lowest BCUT2D eigenvalue weighted by atomic mass is 10.1. The molecule has 1 N–H and O–H groups in total. The Labute approximate surface area is 146 Å². The van der Waals surface area contributed by atoms with E-state index < -0.39 is 11.7 Å². The highest BCUT2D eigenvalue weighted by Gasteiger charge is 2.30. The Kier molecular flexibility index (Phi) is 4.98. The first kappa shape index (κ1) is 17.3. The van der Waals surface area contributed by atoms with Crippen LogP contribution in [0.25, 0.3) is 11.1 Å². The highest BCUT2D eigenvalue weighted by Crippen LogP contribution is 2.31. The minimum atomic E-state index is -4.37.